The Morgan fingerprint density at radius 1 is 0.317 bits per heavy atom. The van der Waals surface area contributed by atoms with Crippen molar-refractivity contribution >= 4 is 49.0 Å². The third kappa shape index (κ3) is 5.37. The Balaban J connectivity index is 1.05. The highest BCUT2D eigenvalue weighted by molar-refractivity contribution is 6.24. The summed E-state index contributed by atoms with van der Waals surface area (Å²) in [6, 6.07) is 74.8. The van der Waals surface area contributed by atoms with E-state index < -0.39 is 0 Å². The molecule has 0 amide bonds. The van der Waals surface area contributed by atoms with Gasteiger partial charge in [0.2, 0.25) is 0 Å². The van der Waals surface area contributed by atoms with E-state index in [-0.39, 0.29) is 0 Å². The van der Waals surface area contributed by atoms with Gasteiger partial charge in [0.25, 0.3) is 0 Å². The zero-order valence-electron chi connectivity index (χ0n) is 32.4. The number of nitrogens with zero attached hydrogens (tertiary/aromatic N) is 5. The predicted molar refractivity (Wildman–Crippen MR) is 247 cm³/mol. The molecule has 0 spiro atoms. The Kier molecular flexibility index (Phi) is 7.78. The first kappa shape index (κ1) is 33.9. The van der Waals surface area contributed by atoms with E-state index in [0.29, 0.717) is 5.82 Å². The topological polar surface area (TPSA) is 48.0 Å². The number of aromatic nitrogens is 5. The molecule has 9 aromatic carbocycles. The van der Waals surface area contributed by atoms with Crippen LogP contribution in [-0.4, -0.2) is 23.9 Å². The summed E-state index contributed by atoms with van der Waals surface area (Å²) in [7, 11) is 0. The van der Waals surface area contributed by atoms with Crippen molar-refractivity contribution in [2.24, 2.45) is 0 Å². The van der Waals surface area contributed by atoms with Crippen LogP contribution in [0.15, 0.2) is 212 Å². The van der Waals surface area contributed by atoms with E-state index >= 15 is 0 Å². The van der Waals surface area contributed by atoms with Gasteiger partial charge in [-0.25, -0.2) is 15.0 Å². The summed E-state index contributed by atoms with van der Waals surface area (Å²) in [4.78, 5) is 16.2. The van der Waals surface area contributed by atoms with Crippen molar-refractivity contribution < 1.29 is 0 Å². The fourth-order valence-electron chi connectivity index (χ4n) is 9.02. The number of imidazole rings is 1. The molecule has 0 aliphatic carbocycles. The van der Waals surface area contributed by atoms with Gasteiger partial charge >= 0.3 is 0 Å². The lowest BCUT2D eigenvalue weighted by Crippen LogP contribution is -2.03. The lowest BCUT2D eigenvalue weighted by Gasteiger charge is -2.13. The standard InChI is InChI=1S/C55H35N5/c1-4-18-36(19-5-1)50-47-32-14-15-33-48(47)55-58-52(57-53(60(50)55)37-20-6-2-7-21-37)40-24-16-22-38(34-40)39-23-17-25-41(35-39)54-56-49-45-30-12-10-28-43(45)44-29-11-13-31-46(44)51(49)59(54)42-26-8-3-9-27-42/h1-35H. The molecule has 0 N–H and O–H groups in total. The maximum absolute atomic E-state index is 5.49. The molecule has 5 nitrogen and oxygen atoms in total. The van der Waals surface area contributed by atoms with Gasteiger partial charge in [-0.1, -0.05) is 188 Å². The molecule has 0 aliphatic rings. The van der Waals surface area contributed by atoms with Gasteiger partial charge in [-0.2, -0.15) is 0 Å². The first-order valence-electron chi connectivity index (χ1n) is 20.3. The van der Waals surface area contributed by atoms with Crippen molar-refractivity contribution in [1.29, 1.82) is 0 Å². The lowest BCUT2D eigenvalue weighted by molar-refractivity contribution is 1.05. The Labute approximate surface area is 346 Å². The van der Waals surface area contributed by atoms with Crippen LogP contribution < -0.4 is 0 Å². The summed E-state index contributed by atoms with van der Waals surface area (Å²) in [5.74, 6) is 2.41. The van der Waals surface area contributed by atoms with Crippen molar-refractivity contribution in [2.75, 3.05) is 0 Å². The third-order valence-electron chi connectivity index (χ3n) is 11.7. The molecule has 0 saturated heterocycles. The predicted octanol–water partition coefficient (Wildman–Crippen LogP) is 13.9. The smallest absolute Gasteiger partial charge is 0.163 e. The third-order valence-corrected chi connectivity index (χ3v) is 11.7. The summed E-state index contributed by atoms with van der Waals surface area (Å²) in [5, 5.41) is 6.97. The Morgan fingerprint density at radius 2 is 0.817 bits per heavy atom. The largest absolute Gasteiger partial charge is 0.292 e. The Hall–Kier alpha value is -8.15. The normalized spacial score (nSPS) is 11.7. The average Bonchev–Trinajstić information content (AvgIpc) is 3.90. The van der Waals surface area contributed by atoms with E-state index in [9.17, 15) is 0 Å². The van der Waals surface area contributed by atoms with Crippen LogP contribution in [0.5, 0.6) is 0 Å². The summed E-state index contributed by atoms with van der Waals surface area (Å²) < 4.78 is 4.57. The molecule has 3 heterocycles. The van der Waals surface area contributed by atoms with Crippen LogP contribution in [0.3, 0.4) is 0 Å². The fraction of sp³-hybridized carbons (Fsp3) is 0. The minimum absolute atomic E-state index is 0.673. The molecular formula is C55H35N5. The monoisotopic (exact) mass is 765 g/mol. The van der Waals surface area contributed by atoms with Gasteiger partial charge in [0.05, 0.1) is 16.7 Å². The van der Waals surface area contributed by atoms with Crippen molar-refractivity contribution in [3.05, 3.63) is 212 Å². The summed E-state index contributed by atoms with van der Waals surface area (Å²) in [5.41, 5.74) is 11.4. The fourth-order valence-corrected chi connectivity index (χ4v) is 9.02. The van der Waals surface area contributed by atoms with Crippen LogP contribution in [0.4, 0.5) is 0 Å². The van der Waals surface area contributed by atoms with Gasteiger partial charge in [-0.15, -0.1) is 0 Å². The summed E-state index contributed by atoms with van der Waals surface area (Å²) >= 11 is 0. The van der Waals surface area contributed by atoms with Gasteiger partial charge in [0, 0.05) is 43.9 Å². The molecule has 0 fully saturated rings. The second kappa shape index (κ2) is 13.8. The number of para-hydroxylation sites is 1. The van der Waals surface area contributed by atoms with Gasteiger partial charge in [-0.05, 0) is 51.7 Å². The van der Waals surface area contributed by atoms with E-state index in [4.69, 9.17) is 15.0 Å². The molecule has 0 bridgehead atoms. The molecule has 3 aromatic heterocycles. The molecule has 0 unspecified atom stereocenters. The highest BCUT2D eigenvalue weighted by atomic mass is 15.1. The zero-order valence-corrected chi connectivity index (χ0v) is 32.4. The number of benzene rings is 9. The van der Waals surface area contributed by atoms with Crippen molar-refractivity contribution in [1.82, 2.24) is 23.9 Å². The molecule has 12 aromatic rings. The van der Waals surface area contributed by atoms with Crippen molar-refractivity contribution in [2.45, 2.75) is 0 Å². The minimum atomic E-state index is 0.673. The van der Waals surface area contributed by atoms with E-state index in [1.54, 1.807) is 0 Å². The molecule has 0 radical (unpaired) electrons. The second-order valence-corrected chi connectivity index (χ2v) is 15.2. The molecule has 280 valence electrons. The van der Waals surface area contributed by atoms with Crippen molar-refractivity contribution in [3.8, 4) is 62.2 Å². The molecule has 0 saturated carbocycles. The molecule has 0 aliphatic heterocycles. The van der Waals surface area contributed by atoms with E-state index in [2.05, 4.69) is 215 Å². The number of fused-ring (bicyclic) bond motifs is 9. The molecule has 12 rings (SSSR count). The second-order valence-electron chi connectivity index (χ2n) is 15.2. The summed E-state index contributed by atoms with van der Waals surface area (Å²) in [6.07, 6.45) is 0. The highest BCUT2D eigenvalue weighted by Crippen LogP contribution is 2.41. The van der Waals surface area contributed by atoms with Crippen molar-refractivity contribution in [3.63, 3.8) is 0 Å². The first-order chi connectivity index (χ1) is 29.8. The Morgan fingerprint density at radius 3 is 1.52 bits per heavy atom. The Bertz CT molecular complexity index is 3590. The maximum atomic E-state index is 5.49. The molecule has 0 atom stereocenters. The van der Waals surface area contributed by atoms with Crippen LogP contribution in [0.2, 0.25) is 0 Å². The van der Waals surface area contributed by atoms with Crippen LogP contribution in [0, 0.1) is 0 Å². The van der Waals surface area contributed by atoms with Gasteiger partial charge < -0.3 is 0 Å². The van der Waals surface area contributed by atoms with Gasteiger partial charge in [0.1, 0.15) is 17.3 Å². The minimum Gasteiger partial charge on any atom is -0.292 e. The van der Waals surface area contributed by atoms with Crippen LogP contribution in [-0.2, 0) is 0 Å². The molecule has 5 heteroatoms. The number of hydrogen-bond acceptors (Lipinski definition) is 3. The average molecular weight is 766 g/mol. The number of rotatable bonds is 6. The van der Waals surface area contributed by atoms with Gasteiger partial charge in [-0.3, -0.25) is 8.97 Å². The van der Waals surface area contributed by atoms with E-state index in [1.165, 1.54) is 16.2 Å². The lowest BCUT2D eigenvalue weighted by atomic mass is 10.00. The van der Waals surface area contributed by atoms with Gasteiger partial charge in [0.15, 0.2) is 5.82 Å². The quantitative estimate of drug-likeness (QED) is 0.158. The zero-order chi connectivity index (χ0) is 39.6. The molecular weight excluding hydrogens is 731 g/mol. The van der Waals surface area contributed by atoms with E-state index in [0.717, 1.165) is 89.3 Å². The van der Waals surface area contributed by atoms with E-state index in [1.807, 2.05) is 6.07 Å². The number of hydrogen-bond donors (Lipinski definition) is 0. The highest BCUT2D eigenvalue weighted by Gasteiger charge is 2.22. The maximum Gasteiger partial charge on any atom is 0.163 e. The molecule has 60 heavy (non-hydrogen) atoms. The van der Waals surface area contributed by atoms with Crippen LogP contribution in [0.1, 0.15) is 0 Å². The van der Waals surface area contributed by atoms with Crippen LogP contribution >= 0.6 is 0 Å². The first-order valence-corrected chi connectivity index (χ1v) is 20.3. The SMILES string of the molecule is c1ccc(-c2nc(-c3cccc(-c4cccc(-c5nc6c7ccccc7c7ccccc7c6n5-c5ccccc5)c4)c3)nc3c4ccccc4c(-c4ccccc4)n23)cc1. The van der Waals surface area contributed by atoms with Crippen LogP contribution in [0.25, 0.3) is 111 Å². The summed E-state index contributed by atoms with van der Waals surface area (Å²) in [6.45, 7) is 0.